The standard InChI is InChI=1S/C14H28N4O2/c1-6-8-16-12(15-5)18-9-7-11(10-18)17-13(19)20-14(2,3)4/h11H,6-10H2,1-5H3,(H,15,16)(H,17,19). The van der Waals surface area contributed by atoms with Gasteiger partial charge >= 0.3 is 6.09 Å². The summed E-state index contributed by atoms with van der Waals surface area (Å²) in [4.78, 5) is 18.2. The molecule has 2 N–H and O–H groups in total. The summed E-state index contributed by atoms with van der Waals surface area (Å²) in [6.45, 7) is 10.3. The van der Waals surface area contributed by atoms with Gasteiger partial charge in [0.05, 0.1) is 6.04 Å². The number of nitrogens with one attached hydrogen (secondary N) is 2. The van der Waals surface area contributed by atoms with Crippen LogP contribution in [0.1, 0.15) is 40.5 Å². The molecular weight excluding hydrogens is 256 g/mol. The fraction of sp³-hybridized carbons (Fsp3) is 0.857. The van der Waals surface area contributed by atoms with Crippen molar-refractivity contribution in [2.24, 2.45) is 4.99 Å². The topological polar surface area (TPSA) is 66.0 Å². The summed E-state index contributed by atoms with van der Waals surface area (Å²) in [7, 11) is 1.78. The van der Waals surface area contributed by atoms with Crippen molar-refractivity contribution < 1.29 is 9.53 Å². The lowest BCUT2D eigenvalue weighted by molar-refractivity contribution is 0.0507. The van der Waals surface area contributed by atoms with Crippen LogP contribution >= 0.6 is 0 Å². The van der Waals surface area contributed by atoms with E-state index in [4.69, 9.17) is 4.74 Å². The first-order valence-corrected chi connectivity index (χ1v) is 7.31. The maximum Gasteiger partial charge on any atom is 0.407 e. The first kappa shape index (κ1) is 16.6. The van der Waals surface area contributed by atoms with Gasteiger partial charge in [0, 0.05) is 26.7 Å². The molecule has 1 aliphatic heterocycles. The Hall–Kier alpha value is -1.46. The Bertz CT molecular complexity index is 350. The van der Waals surface area contributed by atoms with Crippen molar-refractivity contribution in [2.45, 2.75) is 52.2 Å². The number of likely N-dealkylation sites (tertiary alicyclic amines) is 1. The number of carbonyl (C=O) groups excluding carboxylic acids is 1. The van der Waals surface area contributed by atoms with E-state index < -0.39 is 5.60 Å². The predicted octanol–water partition coefficient (Wildman–Crippen LogP) is 1.57. The average Bonchev–Trinajstić information content (AvgIpc) is 2.76. The highest BCUT2D eigenvalue weighted by Crippen LogP contribution is 2.11. The second kappa shape index (κ2) is 7.36. The van der Waals surface area contributed by atoms with Gasteiger partial charge in [0.2, 0.25) is 0 Å². The zero-order valence-corrected chi connectivity index (χ0v) is 13.3. The maximum atomic E-state index is 11.7. The van der Waals surface area contributed by atoms with E-state index in [1.807, 2.05) is 20.8 Å². The minimum Gasteiger partial charge on any atom is -0.444 e. The number of hydrogen-bond acceptors (Lipinski definition) is 3. The van der Waals surface area contributed by atoms with E-state index in [9.17, 15) is 4.79 Å². The number of aliphatic imine (C=N–C) groups is 1. The molecule has 20 heavy (non-hydrogen) atoms. The number of rotatable bonds is 3. The molecule has 1 amide bonds. The van der Waals surface area contributed by atoms with E-state index in [1.54, 1.807) is 7.05 Å². The van der Waals surface area contributed by atoms with Crippen LogP contribution in [0, 0.1) is 0 Å². The molecule has 0 bridgehead atoms. The highest BCUT2D eigenvalue weighted by atomic mass is 16.6. The monoisotopic (exact) mass is 284 g/mol. The predicted molar refractivity (Wildman–Crippen MR) is 81.0 cm³/mol. The van der Waals surface area contributed by atoms with Crippen molar-refractivity contribution in [2.75, 3.05) is 26.7 Å². The van der Waals surface area contributed by atoms with Crippen LogP contribution in [0.25, 0.3) is 0 Å². The van der Waals surface area contributed by atoms with Crippen LogP contribution in [0.3, 0.4) is 0 Å². The van der Waals surface area contributed by atoms with Gasteiger partial charge in [-0.15, -0.1) is 0 Å². The number of hydrogen-bond donors (Lipinski definition) is 2. The molecule has 6 heteroatoms. The molecule has 0 radical (unpaired) electrons. The molecule has 1 rings (SSSR count). The molecule has 0 aliphatic carbocycles. The number of ether oxygens (including phenoxy) is 1. The number of nitrogens with zero attached hydrogens (tertiary/aromatic N) is 2. The molecule has 1 heterocycles. The summed E-state index contributed by atoms with van der Waals surface area (Å²) in [5.41, 5.74) is -0.457. The van der Waals surface area contributed by atoms with E-state index in [0.717, 1.165) is 38.4 Å². The highest BCUT2D eigenvalue weighted by Gasteiger charge is 2.27. The van der Waals surface area contributed by atoms with Crippen molar-refractivity contribution in [3.05, 3.63) is 0 Å². The number of amides is 1. The van der Waals surface area contributed by atoms with Crippen molar-refractivity contribution in [1.82, 2.24) is 15.5 Å². The molecule has 0 saturated carbocycles. The first-order valence-electron chi connectivity index (χ1n) is 7.31. The summed E-state index contributed by atoms with van der Waals surface area (Å²) in [6.07, 6.45) is 1.62. The fourth-order valence-corrected chi connectivity index (χ4v) is 2.11. The third-order valence-electron chi connectivity index (χ3n) is 2.95. The molecular formula is C14H28N4O2. The Morgan fingerprint density at radius 1 is 1.45 bits per heavy atom. The molecule has 1 unspecified atom stereocenters. The second-order valence-electron chi connectivity index (χ2n) is 6.05. The Kier molecular flexibility index (Phi) is 6.10. The number of guanidine groups is 1. The van der Waals surface area contributed by atoms with Gasteiger partial charge in [-0.1, -0.05) is 6.92 Å². The quantitative estimate of drug-likeness (QED) is 0.610. The summed E-state index contributed by atoms with van der Waals surface area (Å²) in [5, 5.41) is 6.22. The summed E-state index contributed by atoms with van der Waals surface area (Å²) >= 11 is 0. The van der Waals surface area contributed by atoms with Crippen LogP contribution in [0.4, 0.5) is 4.79 Å². The van der Waals surface area contributed by atoms with Gasteiger partial charge in [0.15, 0.2) is 5.96 Å². The maximum absolute atomic E-state index is 11.7. The van der Waals surface area contributed by atoms with Gasteiger partial charge in [-0.25, -0.2) is 4.79 Å². The van der Waals surface area contributed by atoms with E-state index in [2.05, 4.69) is 27.4 Å². The summed E-state index contributed by atoms with van der Waals surface area (Å²) in [6, 6.07) is 0.116. The number of carbonyl (C=O) groups is 1. The van der Waals surface area contributed by atoms with Crippen LogP contribution in [-0.4, -0.2) is 55.3 Å². The Labute approximate surface area is 122 Å². The normalized spacial score (nSPS) is 19.9. The molecule has 1 fully saturated rings. The van der Waals surface area contributed by atoms with Crippen LogP contribution in [-0.2, 0) is 4.74 Å². The zero-order chi connectivity index (χ0) is 15.2. The lowest BCUT2D eigenvalue weighted by atomic mass is 10.2. The van der Waals surface area contributed by atoms with Gasteiger partial charge in [0.1, 0.15) is 5.60 Å². The van der Waals surface area contributed by atoms with E-state index in [1.165, 1.54) is 0 Å². The molecule has 0 spiro atoms. The van der Waals surface area contributed by atoms with Gasteiger partial charge in [0.25, 0.3) is 0 Å². The molecule has 0 aromatic heterocycles. The van der Waals surface area contributed by atoms with Crippen molar-refractivity contribution in [3.63, 3.8) is 0 Å². The minimum atomic E-state index is -0.457. The SMILES string of the molecule is CCCNC(=NC)N1CCC(NC(=O)OC(C)(C)C)C1. The smallest absolute Gasteiger partial charge is 0.407 e. The Morgan fingerprint density at radius 3 is 2.70 bits per heavy atom. The average molecular weight is 284 g/mol. The molecule has 6 nitrogen and oxygen atoms in total. The minimum absolute atomic E-state index is 0.116. The zero-order valence-electron chi connectivity index (χ0n) is 13.3. The lowest BCUT2D eigenvalue weighted by Crippen LogP contribution is -2.44. The molecule has 0 aromatic carbocycles. The van der Waals surface area contributed by atoms with Crippen molar-refractivity contribution >= 4 is 12.1 Å². The third-order valence-corrected chi connectivity index (χ3v) is 2.95. The van der Waals surface area contributed by atoms with Gasteiger partial charge in [-0.2, -0.15) is 0 Å². The Morgan fingerprint density at radius 2 is 2.15 bits per heavy atom. The highest BCUT2D eigenvalue weighted by molar-refractivity contribution is 5.80. The molecule has 1 atom stereocenters. The van der Waals surface area contributed by atoms with Crippen LogP contribution in [0.5, 0.6) is 0 Å². The van der Waals surface area contributed by atoms with Gasteiger partial charge in [-0.05, 0) is 33.6 Å². The van der Waals surface area contributed by atoms with Crippen LogP contribution in [0.15, 0.2) is 4.99 Å². The lowest BCUT2D eigenvalue weighted by Gasteiger charge is -2.23. The second-order valence-corrected chi connectivity index (χ2v) is 6.05. The fourth-order valence-electron chi connectivity index (χ4n) is 2.11. The van der Waals surface area contributed by atoms with Gasteiger partial charge < -0.3 is 20.3 Å². The molecule has 1 saturated heterocycles. The van der Waals surface area contributed by atoms with Crippen LogP contribution in [0.2, 0.25) is 0 Å². The Balaban J connectivity index is 2.41. The van der Waals surface area contributed by atoms with E-state index >= 15 is 0 Å². The largest absolute Gasteiger partial charge is 0.444 e. The van der Waals surface area contributed by atoms with E-state index in [0.29, 0.717) is 0 Å². The summed E-state index contributed by atoms with van der Waals surface area (Å²) < 4.78 is 5.27. The molecule has 0 aromatic rings. The molecule has 1 aliphatic rings. The van der Waals surface area contributed by atoms with Crippen LogP contribution < -0.4 is 10.6 Å². The first-order chi connectivity index (χ1) is 9.35. The summed E-state index contributed by atoms with van der Waals surface area (Å²) in [5.74, 6) is 0.903. The third kappa shape index (κ3) is 5.67. The van der Waals surface area contributed by atoms with Crippen molar-refractivity contribution in [1.29, 1.82) is 0 Å². The molecule has 116 valence electrons. The van der Waals surface area contributed by atoms with Gasteiger partial charge in [-0.3, -0.25) is 4.99 Å². The van der Waals surface area contributed by atoms with Crippen molar-refractivity contribution in [3.8, 4) is 0 Å². The van der Waals surface area contributed by atoms with E-state index in [-0.39, 0.29) is 12.1 Å². The number of alkyl carbamates (subject to hydrolysis) is 1.